The molecule has 0 radical (unpaired) electrons. The quantitative estimate of drug-likeness (QED) is 0.639. The molecule has 0 saturated carbocycles. The third-order valence-corrected chi connectivity index (χ3v) is 3.72. The molecule has 20 heavy (non-hydrogen) atoms. The molecule has 2 aromatic rings. The molecule has 0 unspecified atom stereocenters. The number of thioether (sulfide) groups is 1. The molecule has 0 N–H and O–H groups in total. The normalized spacial score (nSPS) is 11.9. The number of pyridine rings is 1. The number of hydrogen-bond acceptors (Lipinski definition) is 5. The molecule has 0 aromatic carbocycles. The van der Waals surface area contributed by atoms with Gasteiger partial charge in [0, 0.05) is 31.8 Å². The van der Waals surface area contributed by atoms with E-state index in [1.165, 1.54) is 11.8 Å². The molecule has 2 rings (SSSR count). The Morgan fingerprint density at radius 1 is 1.25 bits per heavy atom. The number of aromatic nitrogens is 3. The lowest BCUT2D eigenvalue weighted by Gasteiger charge is -2.25. The molecule has 0 aliphatic heterocycles. The molecule has 0 saturated heterocycles. The Labute approximate surface area is 122 Å². The monoisotopic (exact) mass is 288 g/mol. The van der Waals surface area contributed by atoms with Crippen molar-refractivity contribution in [2.24, 2.45) is 0 Å². The van der Waals surface area contributed by atoms with Crippen molar-refractivity contribution < 1.29 is 4.79 Å². The average Bonchev–Trinajstić information content (AvgIpc) is 2.53. The van der Waals surface area contributed by atoms with Gasteiger partial charge in [-0.15, -0.1) is 0 Å². The number of carbonyl (C=O) groups excluding carboxylic acids is 1. The minimum absolute atomic E-state index is 0.0364. The molecule has 0 aliphatic carbocycles. The number of hydrogen-bond donors (Lipinski definition) is 0. The summed E-state index contributed by atoms with van der Waals surface area (Å²) >= 11 is 1.45. The van der Waals surface area contributed by atoms with E-state index < -0.39 is 0 Å². The molecule has 104 valence electrons. The van der Waals surface area contributed by atoms with Crippen molar-refractivity contribution in [3.05, 3.63) is 48.0 Å². The minimum Gasteiger partial charge on any atom is -0.335 e. The lowest BCUT2D eigenvalue weighted by molar-refractivity contribution is 0.0741. The van der Waals surface area contributed by atoms with Crippen LogP contribution in [0.1, 0.15) is 28.9 Å². The second kappa shape index (κ2) is 6.47. The summed E-state index contributed by atoms with van der Waals surface area (Å²) in [5.74, 6) is -0.0954. The minimum atomic E-state index is -0.0954. The summed E-state index contributed by atoms with van der Waals surface area (Å²) in [7, 11) is 1.77. The molecule has 6 heteroatoms. The number of carbonyl (C=O) groups is 1. The van der Waals surface area contributed by atoms with E-state index in [9.17, 15) is 4.79 Å². The first-order chi connectivity index (χ1) is 9.63. The van der Waals surface area contributed by atoms with Crippen LogP contribution in [-0.2, 0) is 0 Å². The zero-order valence-electron chi connectivity index (χ0n) is 11.6. The maximum atomic E-state index is 12.4. The molecular formula is C14H16N4OS. The standard InChI is InChI=1S/C14H16N4OS/c1-10(11-4-6-15-7-5-11)18(2)13(19)12-8-16-14(20-3)17-9-12/h4-10H,1-3H3/t10-/m1/s1. The van der Waals surface area contributed by atoms with Crippen molar-refractivity contribution in [1.82, 2.24) is 19.9 Å². The summed E-state index contributed by atoms with van der Waals surface area (Å²) in [5, 5.41) is 0.659. The van der Waals surface area contributed by atoms with Gasteiger partial charge in [0.2, 0.25) is 0 Å². The molecule has 1 atom stereocenters. The Kier molecular flexibility index (Phi) is 4.68. The van der Waals surface area contributed by atoms with E-state index in [1.54, 1.807) is 36.7 Å². The van der Waals surface area contributed by atoms with E-state index in [-0.39, 0.29) is 11.9 Å². The first kappa shape index (κ1) is 14.5. The van der Waals surface area contributed by atoms with E-state index in [4.69, 9.17) is 0 Å². The Balaban J connectivity index is 2.15. The zero-order valence-corrected chi connectivity index (χ0v) is 12.5. The molecule has 1 amide bonds. The number of amides is 1. The second-order valence-corrected chi connectivity index (χ2v) is 5.10. The summed E-state index contributed by atoms with van der Waals surface area (Å²) in [6.07, 6.45) is 8.48. The van der Waals surface area contributed by atoms with E-state index in [2.05, 4.69) is 15.0 Å². The van der Waals surface area contributed by atoms with Crippen molar-refractivity contribution >= 4 is 17.7 Å². The average molecular weight is 288 g/mol. The molecule has 2 aromatic heterocycles. The van der Waals surface area contributed by atoms with Gasteiger partial charge in [0.25, 0.3) is 5.91 Å². The third kappa shape index (κ3) is 3.14. The van der Waals surface area contributed by atoms with Gasteiger partial charge in [0.15, 0.2) is 5.16 Å². The van der Waals surface area contributed by atoms with Crippen molar-refractivity contribution in [2.45, 2.75) is 18.1 Å². The number of rotatable bonds is 4. The maximum absolute atomic E-state index is 12.4. The van der Waals surface area contributed by atoms with Gasteiger partial charge in [-0.25, -0.2) is 9.97 Å². The van der Waals surface area contributed by atoms with Crippen molar-refractivity contribution in [3.8, 4) is 0 Å². The number of nitrogens with zero attached hydrogens (tertiary/aromatic N) is 4. The van der Waals surface area contributed by atoms with Crippen LogP contribution in [0, 0.1) is 0 Å². The van der Waals surface area contributed by atoms with Crippen LogP contribution in [0.15, 0.2) is 42.1 Å². The third-order valence-electron chi connectivity index (χ3n) is 3.15. The van der Waals surface area contributed by atoms with Gasteiger partial charge in [-0.2, -0.15) is 0 Å². The van der Waals surface area contributed by atoms with Gasteiger partial charge in [-0.05, 0) is 30.9 Å². The highest BCUT2D eigenvalue weighted by Gasteiger charge is 2.19. The molecule has 0 fully saturated rings. The predicted molar refractivity (Wildman–Crippen MR) is 78.6 cm³/mol. The molecular weight excluding hydrogens is 272 g/mol. The van der Waals surface area contributed by atoms with Crippen molar-refractivity contribution in [2.75, 3.05) is 13.3 Å². The zero-order chi connectivity index (χ0) is 14.5. The molecule has 0 spiro atoms. The van der Waals surface area contributed by atoms with Gasteiger partial charge < -0.3 is 4.90 Å². The van der Waals surface area contributed by atoms with Gasteiger partial charge in [-0.1, -0.05) is 11.8 Å². The molecule has 2 heterocycles. The van der Waals surface area contributed by atoms with Crippen LogP contribution in [0.2, 0.25) is 0 Å². The first-order valence-electron chi connectivity index (χ1n) is 6.16. The van der Waals surface area contributed by atoms with Gasteiger partial charge in [0.05, 0.1) is 11.6 Å². The summed E-state index contributed by atoms with van der Waals surface area (Å²) in [5.41, 5.74) is 1.53. The molecule has 5 nitrogen and oxygen atoms in total. The SMILES string of the molecule is CSc1ncc(C(=O)N(C)[C@H](C)c2ccncc2)cn1. The second-order valence-electron chi connectivity index (χ2n) is 4.33. The van der Waals surface area contributed by atoms with Crippen LogP contribution < -0.4 is 0 Å². The van der Waals surface area contributed by atoms with Crippen molar-refractivity contribution in [1.29, 1.82) is 0 Å². The van der Waals surface area contributed by atoms with Crippen LogP contribution >= 0.6 is 11.8 Å². The molecule has 0 aliphatic rings. The summed E-state index contributed by atoms with van der Waals surface area (Å²) in [6.45, 7) is 1.98. The highest BCUT2D eigenvalue weighted by atomic mass is 32.2. The summed E-state index contributed by atoms with van der Waals surface area (Å²) in [4.78, 5) is 26.3. The summed E-state index contributed by atoms with van der Waals surface area (Å²) in [6, 6.07) is 3.77. The fraction of sp³-hybridized carbons (Fsp3) is 0.286. The fourth-order valence-electron chi connectivity index (χ4n) is 1.78. The van der Waals surface area contributed by atoms with E-state index in [1.807, 2.05) is 25.3 Å². The van der Waals surface area contributed by atoms with Gasteiger partial charge in [0.1, 0.15) is 0 Å². The van der Waals surface area contributed by atoms with Gasteiger partial charge in [-0.3, -0.25) is 9.78 Å². The highest BCUT2D eigenvalue weighted by Crippen LogP contribution is 2.19. The van der Waals surface area contributed by atoms with Crippen LogP contribution in [0.5, 0.6) is 0 Å². The Morgan fingerprint density at radius 2 is 1.85 bits per heavy atom. The van der Waals surface area contributed by atoms with Gasteiger partial charge >= 0.3 is 0 Å². The van der Waals surface area contributed by atoms with Crippen molar-refractivity contribution in [3.63, 3.8) is 0 Å². The van der Waals surface area contributed by atoms with E-state index in [0.29, 0.717) is 10.7 Å². The smallest absolute Gasteiger partial charge is 0.257 e. The van der Waals surface area contributed by atoms with E-state index in [0.717, 1.165) is 5.56 Å². The predicted octanol–water partition coefficient (Wildman–Crippen LogP) is 2.43. The fourth-order valence-corrected chi connectivity index (χ4v) is 2.09. The van der Waals surface area contributed by atoms with E-state index >= 15 is 0 Å². The summed E-state index contributed by atoms with van der Waals surface area (Å²) < 4.78 is 0. The molecule has 0 bridgehead atoms. The van der Waals surface area contributed by atoms with Crippen LogP contribution in [-0.4, -0.2) is 39.1 Å². The van der Waals surface area contributed by atoms with Crippen LogP contribution in [0.3, 0.4) is 0 Å². The lowest BCUT2D eigenvalue weighted by atomic mass is 10.1. The first-order valence-corrected chi connectivity index (χ1v) is 7.39. The van der Waals surface area contributed by atoms with Crippen LogP contribution in [0.25, 0.3) is 0 Å². The van der Waals surface area contributed by atoms with Crippen LogP contribution in [0.4, 0.5) is 0 Å². The Bertz CT molecular complexity index is 573. The highest BCUT2D eigenvalue weighted by molar-refractivity contribution is 7.98. The largest absolute Gasteiger partial charge is 0.335 e. The topological polar surface area (TPSA) is 59.0 Å². The Hall–Kier alpha value is -1.95. The lowest BCUT2D eigenvalue weighted by Crippen LogP contribution is -2.29. The maximum Gasteiger partial charge on any atom is 0.257 e. The Morgan fingerprint density at radius 3 is 2.40 bits per heavy atom.